The van der Waals surface area contributed by atoms with Gasteiger partial charge in [-0.1, -0.05) is 6.58 Å². The van der Waals surface area contributed by atoms with Crippen LogP contribution in [-0.4, -0.2) is 22.8 Å². The van der Waals surface area contributed by atoms with E-state index in [1.54, 1.807) is 20.8 Å². The molecule has 1 unspecified atom stereocenters. The molecule has 0 saturated heterocycles. The number of hydrogen-bond acceptors (Lipinski definition) is 3. The van der Waals surface area contributed by atoms with Crippen LogP contribution in [0.5, 0.6) is 0 Å². The van der Waals surface area contributed by atoms with Crippen LogP contribution in [0.25, 0.3) is 0 Å². The van der Waals surface area contributed by atoms with Crippen molar-refractivity contribution < 1.29 is 14.6 Å². The molecule has 3 nitrogen and oxygen atoms in total. The van der Waals surface area contributed by atoms with Crippen molar-refractivity contribution in [1.29, 1.82) is 0 Å². The second-order valence-corrected chi connectivity index (χ2v) is 3.70. The van der Waals surface area contributed by atoms with Crippen molar-refractivity contribution in [3.05, 3.63) is 12.2 Å². The molecule has 0 aromatic heterocycles. The molecule has 12 heavy (non-hydrogen) atoms. The summed E-state index contributed by atoms with van der Waals surface area (Å²) in [6.07, 6.45) is -0.847. The van der Waals surface area contributed by atoms with Gasteiger partial charge in [-0.25, -0.2) is 4.79 Å². The summed E-state index contributed by atoms with van der Waals surface area (Å²) in [5, 5.41) is 8.99. The van der Waals surface area contributed by atoms with E-state index in [4.69, 9.17) is 9.84 Å². The van der Waals surface area contributed by atoms with E-state index in [1.165, 1.54) is 6.92 Å². The van der Waals surface area contributed by atoms with Gasteiger partial charge in [-0.05, 0) is 27.7 Å². The van der Waals surface area contributed by atoms with Gasteiger partial charge in [-0.15, -0.1) is 0 Å². The van der Waals surface area contributed by atoms with Gasteiger partial charge in [0.1, 0.15) is 5.60 Å². The summed E-state index contributed by atoms with van der Waals surface area (Å²) in [4.78, 5) is 11.1. The molecule has 0 spiro atoms. The summed E-state index contributed by atoms with van der Waals surface area (Å²) in [5.74, 6) is -0.544. The summed E-state index contributed by atoms with van der Waals surface area (Å²) >= 11 is 0. The van der Waals surface area contributed by atoms with Gasteiger partial charge in [0.05, 0.1) is 11.7 Å². The van der Waals surface area contributed by atoms with Gasteiger partial charge in [-0.3, -0.25) is 0 Å². The first-order valence-electron chi connectivity index (χ1n) is 3.84. The fraction of sp³-hybridized carbons (Fsp3) is 0.667. The van der Waals surface area contributed by atoms with Gasteiger partial charge in [0.25, 0.3) is 0 Å². The third-order valence-electron chi connectivity index (χ3n) is 1.17. The second-order valence-electron chi connectivity index (χ2n) is 3.70. The number of aliphatic hydroxyl groups is 1. The van der Waals surface area contributed by atoms with E-state index in [0.29, 0.717) is 0 Å². The molecule has 3 heteroatoms. The smallest absolute Gasteiger partial charge is 0.336 e. The van der Waals surface area contributed by atoms with E-state index in [1.807, 2.05) is 0 Å². The van der Waals surface area contributed by atoms with E-state index < -0.39 is 17.7 Å². The van der Waals surface area contributed by atoms with Crippen LogP contribution < -0.4 is 0 Å². The van der Waals surface area contributed by atoms with Crippen LogP contribution in [0.1, 0.15) is 27.7 Å². The Morgan fingerprint density at radius 3 is 2.17 bits per heavy atom. The molecule has 0 saturated carbocycles. The Labute approximate surface area is 73.0 Å². The van der Waals surface area contributed by atoms with Gasteiger partial charge in [0.2, 0.25) is 0 Å². The molecule has 0 fully saturated rings. The quantitative estimate of drug-likeness (QED) is 0.504. The fourth-order valence-corrected chi connectivity index (χ4v) is 0.514. The minimum atomic E-state index is -0.847. The van der Waals surface area contributed by atoms with Crippen molar-refractivity contribution in [3.63, 3.8) is 0 Å². The maximum absolute atomic E-state index is 11.1. The number of esters is 1. The number of ether oxygens (including phenoxy) is 1. The fourth-order valence-electron chi connectivity index (χ4n) is 0.514. The van der Waals surface area contributed by atoms with Crippen molar-refractivity contribution in [2.24, 2.45) is 0 Å². The van der Waals surface area contributed by atoms with Crippen molar-refractivity contribution in [3.8, 4) is 0 Å². The Hall–Kier alpha value is -0.830. The zero-order valence-electron chi connectivity index (χ0n) is 8.05. The predicted molar refractivity (Wildman–Crippen MR) is 46.7 cm³/mol. The van der Waals surface area contributed by atoms with Crippen LogP contribution in [0.2, 0.25) is 0 Å². The van der Waals surface area contributed by atoms with Crippen LogP contribution in [0.15, 0.2) is 12.2 Å². The van der Waals surface area contributed by atoms with Gasteiger partial charge in [-0.2, -0.15) is 0 Å². The van der Waals surface area contributed by atoms with E-state index in [2.05, 4.69) is 6.58 Å². The predicted octanol–water partition coefficient (Wildman–Crippen LogP) is 1.27. The Morgan fingerprint density at radius 1 is 1.50 bits per heavy atom. The van der Waals surface area contributed by atoms with Gasteiger partial charge >= 0.3 is 5.97 Å². The number of aliphatic hydroxyl groups excluding tert-OH is 1. The summed E-state index contributed by atoms with van der Waals surface area (Å²) in [5.41, 5.74) is -0.445. The van der Waals surface area contributed by atoms with Crippen molar-refractivity contribution in [2.45, 2.75) is 39.4 Å². The standard InChI is InChI=1S/C9H16O3/c1-6(7(2)10)8(11)12-9(3,4)5/h7,10H,1H2,2-5H3. The first-order valence-corrected chi connectivity index (χ1v) is 3.84. The average Bonchev–Trinajstić information content (AvgIpc) is 1.82. The lowest BCUT2D eigenvalue weighted by Gasteiger charge is -2.20. The number of hydrogen-bond donors (Lipinski definition) is 1. The van der Waals surface area contributed by atoms with Crippen LogP contribution in [0, 0.1) is 0 Å². The van der Waals surface area contributed by atoms with Crippen LogP contribution >= 0.6 is 0 Å². The molecule has 0 heterocycles. The SMILES string of the molecule is C=C(C(=O)OC(C)(C)C)C(C)O. The zero-order valence-corrected chi connectivity index (χ0v) is 8.05. The molecule has 0 amide bonds. The second kappa shape index (κ2) is 3.72. The molecule has 0 aliphatic heterocycles. The molecule has 1 N–H and O–H groups in total. The van der Waals surface area contributed by atoms with Crippen LogP contribution in [-0.2, 0) is 9.53 Å². The lowest BCUT2D eigenvalue weighted by molar-refractivity contribution is -0.150. The average molecular weight is 172 g/mol. The molecule has 0 radical (unpaired) electrons. The molecular weight excluding hydrogens is 156 g/mol. The monoisotopic (exact) mass is 172 g/mol. The minimum absolute atomic E-state index is 0.0879. The maximum Gasteiger partial charge on any atom is 0.336 e. The lowest BCUT2D eigenvalue weighted by Crippen LogP contribution is -2.27. The number of rotatable bonds is 2. The number of carbonyl (C=O) groups excluding carboxylic acids is 1. The highest BCUT2D eigenvalue weighted by molar-refractivity contribution is 5.88. The topological polar surface area (TPSA) is 46.5 Å². The first kappa shape index (κ1) is 11.2. The highest BCUT2D eigenvalue weighted by atomic mass is 16.6. The van der Waals surface area contributed by atoms with E-state index >= 15 is 0 Å². The van der Waals surface area contributed by atoms with E-state index in [0.717, 1.165) is 0 Å². The molecule has 0 aliphatic rings. The van der Waals surface area contributed by atoms with Gasteiger partial charge < -0.3 is 9.84 Å². The summed E-state index contributed by atoms with van der Waals surface area (Å²) in [6, 6.07) is 0. The highest BCUT2D eigenvalue weighted by Crippen LogP contribution is 2.11. The maximum atomic E-state index is 11.1. The minimum Gasteiger partial charge on any atom is -0.457 e. The van der Waals surface area contributed by atoms with Crippen molar-refractivity contribution in [2.75, 3.05) is 0 Å². The molecule has 0 bridgehead atoms. The molecule has 1 atom stereocenters. The van der Waals surface area contributed by atoms with Crippen LogP contribution in [0.4, 0.5) is 0 Å². The molecular formula is C9H16O3. The highest BCUT2D eigenvalue weighted by Gasteiger charge is 2.20. The summed E-state index contributed by atoms with van der Waals surface area (Å²) < 4.78 is 4.96. The summed E-state index contributed by atoms with van der Waals surface area (Å²) in [7, 11) is 0. The van der Waals surface area contributed by atoms with E-state index in [9.17, 15) is 4.79 Å². The van der Waals surface area contributed by atoms with Gasteiger partial charge in [0, 0.05) is 0 Å². The molecule has 0 aliphatic carbocycles. The van der Waals surface area contributed by atoms with E-state index in [-0.39, 0.29) is 5.57 Å². The van der Waals surface area contributed by atoms with Crippen molar-refractivity contribution >= 4 is 5.97 Å². The zero-order chi connectivity index (χ0) is 9.94. The summed E-state index contributed by atoms with van der Waals surface area (Å²) in [6.45, 7) is 10.2. The Bertz CT molecular complexity index is 186. The third-order valence-corrected chi connectivity index (χ3v) is 1.17. The van der Waals surface area contributed by atoms with Crippen LogP contribution in [0.3, 0.4) is 0 Å². The number of carbonyl (C=O) groups is 1. The molecule has 70 valence electrons. The molecule has 0 aromatic carbocycles. The first-order chi connectivity index (χ1) is 5.24. The Morgan fingerprint density at radius 2 is 1.92 bits per heavy atom. The molecule has 0 rings (SSSR count). The third kappa shape index (κ3) is 4.13. The normalized spacial score (nSPS) is 13.8. The lowest BCUT2D eigenvalue weighted by atomic mass is 10.1. The Kier molecular flexibility index (Phi) is 3.46. The molecule has 0 aromatic rings. The van der Waals surface area contributed by atoms with Crippen molar-refractivity contribution in [1.82, 2.24) is 0 Å². The largest absolute Gasteiger partial charge is 0.457 e. The van der Waals surface area contributed by atoms with Gasteiger partial charge in [0.15, 0.2) is 0 Å². The Balaban J connectivity index is 4.15.